The van der Waals surface area contributed by atoms with Gasteiger partial charge in [0.25, 0.3) is 5.56 Å². The summed E-state index contributed by atoms with van der Waals surface area (Å²) in [6.45, 7) is 3.06. The summed E-state index contributed by atoms with van der Waals surface area (Å²) in [7, 11) is 0. The van der Waals surface area contributed by atoms with Gasteiger partial charge in [0.2, 0.25) is 0 Å². The number of hydrogen-bond donors (Lipinski definition) is 3. The number of fused-ring (bicyclic) bond motifs is 1. The number of rotatable bonds is 4. The number of ether oxygens (including phenoxy) is 3. The molecule has 0 amide bonds. The van der Waals surface area contributed by atoms with Crippen molar-refractivity contribution in [3.63, 3.8) is 0 Å². The molecule has 9 nitrogen and oxygen atoms in total. The van der Waals surface area contributed by atoms with Gasteiger partial charge in [-0.15, -0.1) is 0 Å². The lowest BCUT2D eigenvalue weighted by molar-refractivity contribution is -0.200. The van der Waals surface area contributed by atoms with Gasteiger partial charge in [0, 0.05) is 6.20 Å². The molecule has 156 valence electrons. The van der Waals surface area contributed by atoms with Crippen LogP contribution < -0.4 is 11.2 Å². The van der Waals surface area contributed by atoms with Gasteiger partial charge in [-0.05, 0) is 31.5 Å². The smallest absolute Gasteiger partial charge is 0.330 e. The van der Waals surface area contributed by atoms with E-state index in [2.05, 4.69) is 4.98 Å². The van der Waals surface area contributed by atoms with Gasteiger partial charge in [-0.25, -0.2) is 9.18 Å². The number of aromatic nitrogens is 2. The molecule has 1 aromatic carbocycles. The Morgan fingerprint density at radius 3 is 2.52 bits per heavy atom. The molecule has 5 atom stereocenters. The third-order valence-electron chi connectivity index (χ3n) is 5.06. The fraction of sp³-hybridized carbons (Fsp3) is 0.474. The van der Waals surface area contributed by atoms with Crippen LogP contribution in [0.5, 0.6) is 0 Å². The molecule has 1 aromatic heterocycles. The molecule has 3 N–H and O–H groups in total. The Morgan fingerprint density at radius 2 is 1.86 bits per heavy atom. The zero-order valence-electron chi connectivity index (χ0n) is 15.7. The highest BCUT2D eigenvalue weighted by molar-refractivity contribution is 5.27. The predicted molar refractivity (Wildman–Crippen MR) is 96.6 cm³/mol. The number of aromatic amines is 1. The number of nitrogens with zero attached hydrogens (tertiary/aromatic N) is 1. The monoisotopic (exact) mass is 408 g/mol. The maximum atomic E-state index is 13.2. The lowest BCUT2D eigenvalue weighted by Crippen LogP contribution is -2.39. The molecule has 0 radical (unpaired) electrons. The van der Waals surface area contributed by atoms with E-state index in [0.717, 1.165) is 16.7 Å². The van der Waals surface area contributed by atoms with E-state index in [1.165, 1.54) is 18.3 Å². The summed E-state index contributed by atoms with van der Waals surface area (Å²) in [5.41, 5.74) is -1.38. The summed E-state index contributed by atoms with van der Waals surface area (Å²) in [6, 6.07) is 5.00. The second kappa shape index (κ2) is 7.15. The molecule has 3 heterocycles. The highest BCUT2D eigenvalue weighted by Crippen LogP contribution is 2.42. The van der Waals surface area contributed by atoms with E-state index < -0.39 is 53.5 Å². The van der Waals surface area contributed by atoms with E-state index in [0.29, 0.717) is 0 Å². The lowest BCUT2D eigenvalue weighted by Gasteiger charge is -2.24. The minimum absolute atomic E-state index is 0.123. The van der Waals surface area contributed by atoms with Gasteiger partial charge in [-0.2, -0.15) is 0 Å². The van der Waals surface area contributed by atoms with E-state index in [1.54, 1.807) is 13.8 Å². The standard InChI is InChI=1S/C19H21FN2O7/c1-19(2)28-14-12(8-23)27-17(15(14)29-19)22-7-11(16(25)21-18(22)26)13(24)9-3-5-10(20)6-4-9/h3-7,12-15,17,23-24H,8H2,1-2H3,(H,21,25,26)/t12-,13?,14-,15-,17-/m1/s1. The van der Waals surface area contributed by atoms with Gasteiger partial charge in [-0.1, -0.05) is 12.1 Å². The molecule has 29 heavy (non-hydrogen) atoms. The van der Waals surface area contributed by atoms with Crippen molar-refractivity contribution in [1.82, 2.24) is 9.55 Å². The molecule has 4 rings (SSSR count). The fourth-order valence-corrected chi connectivity index (χ4v) is 3.74. The molecule has 1 unspecified atom stereocenters. The van der Waals surface area contributed by atoms with Gasteiger partial charge >= 0.3 is 5.69 Å². The Hall–Kier alpha value is -2.37. The van der Waals surface area contributed by atoms with Crippen molar-refractivity contribution < 1.29 is 28.8 Å². The molecule has 2 aromatic rings. The number of nitrogens with one attached hydrogen (secondary N) is 1. The van der Waals surface area contributed by atoms with Gasteiger partial charge in [0.1, 0.15) is 30.2 Å². The molecule has 2 fully saturated rings. The summed E-state index contributed by atoms with van der Waals surface area (Å²) in [5.74, 6) is -1.42. The molecule has 0 bridgehead atoms. The van der Waals surface area contributed by atoms with Crippen molar-refractivity contribution in [2.45, 2.75) is 50.3 Å². The maximum Gasteiger partial charge on any atom is 0.330 e. The van der Waals surface area contributed by atoms with E-state index in [-0.39, 0.29) is 17.7 Å². The minimum atomic E-state index is -1.39. The first-order chi connectivity index (χ1) is 13.7. The fourth-order valence-electron chi connectivity index (χ4n) is 3.74. The van der Waals surface area contributed by atoms with Crippen LogP contribution in [-0.4, -0.2) is 50.5 Å². The Labute approximate surface area is 164 Å². The second-order valence-corrected chi connectivity index (χ2v) is 7.52. The Kier molecular flexibility index (Phi) is 4.91. The number of aliphatic hydroxyl groups excluding tert-OH is 2. The number of benzene rings is 1. The summed E-state index contributed by atoms with van der Waals surface area (Å²) in [5, 5.41) is 20.2. The van der Waals surface area contributed by atoms with E-state index >= 15 is 0 Å². The van der Waals surface area contributed by atoms with Crippen molar-refractivity contribution in [1.29, 1.82) is 0 Å². The van der Waals surface area contributed by atoms with Crippen LogP contribution in [0.15, 0.2) is 40.1 Å². The second-order valence-electron chi connectivity index (χ2n) is 7.52. The molecule has 0 aliphatic carbocycles. The highest BCUT2D eigenvalue weighted by atomic mass is 19.1. The Balaban J connectivity index is 1.73. The molecule has 2 saturated heterocycles. The summed E-state index contributed by atoms with van der Waals surface area (Å²) in [6.07, 6.45) is -3.23. The van der Waals surface area contributed by atoms with Crippen LogP contribution in [0.2, 0.25) is 0 Å². The first kappa shape index (κ1) is 19.9. The molecule has 10 heteroatoms. The van der Waals surface area contributed by atoms with Crippen molar-refractivity contribution in [2.75, 3.05) is 6.61 Å². The van der Waals surface area contributed by atoms with Gasteiger partial charge in [0.05, 0.1) is 12.2 Å². The summed E-state index contributed by atoms with van der Waals surface area (Å²) in [4.78, 5) is 26.9. The molecule has 2 aliphatic heterocycles. The highest BCUT2D eigenvalue weighted by Gasteiger charge is 2.56. The number of halogens is 1. The maximum absolute atomic E-state index is 13.2. The largest absolute Gasteiger partial charge is 0.394 e. The van der Waals surface area contributed by atoms with Gasteiger partial charge in [0.15, 0.2) is 12.0 Å². The normalized spacial score (nSPS) is 29.0. The number of hydrogen-bond acceptors (Lipinski definition) is 7. The topological polar surface area (TPSA) is 123 Å². The first-order valence-electron chi connectivity index (χ1n) is 9.11. The average Bonchev–Trinajstić information content (AvgIpc) is 3.15. The van der Waals surface area contributed by atoms with E-state index in [1.807, 2.05) is 0 Å². The third-order valence-corrected chi connectivity index (χ3v) is 5.06. The Morgan fingerprint density at radius 1 is 1.21 bits per heavy atom. The summed E-state index contributed by atoms with van der Waals surface area (Å²) >= 11 is 0. The molecular formula is C19H21FN2O7. The third kappa shape index (κ3) is 3.53. The Bertz CT molecular complexity index is 1020. The SMILES string of the molecule is CC1(C)O[C@@H]2[C@H](O1)[C@@H](CO)O[C@H]2n1cc(C(O)c2ccc(F)cc2)c(=O)[nH]c1=O. The number of aliphatic hydroxyl groups is 2. The average molecular weight is 408 g/mol. The van der Waals surface area contributed by atoms with Crippen LogP contribution in [0.25, 0.3) is 0 Å². The number of H-pyrrole nitrogens is 1. The molecule has 0 saturated carbocycles. The molecular weight excluding hydrogens is 387 g/mol. The van der Waals surface area contributed by atoms with Gasteiger partial charge in [-0.3, -0.25) is 14.3 Å². The first-order valence-corrected chi connectivity index (χ1v) is 9.11. The van der Waals surface area contributed by atoms with Crippen LogP contribution in [-0.2, 0) is 14.2 Å². The van der Waals surface area contributed by atoms with Crippen LogP contribution in [0.3, 0.4) is 0 Å². The lowest BCUT2D eigenvalue weighted by atomic mass is 10.0. The van der Waals surface area contributed by atoms with Crippen LogP contribution in [0.4, 0.5) is 4.39 Å². The molecule has 0 spiro atoms. The minimum Gasteiger partial charge on any atom is -0.394 e. The zero-order chi connectivity index (χ0) is 20.9. The quantitative estimate of drug-likeness (QED) is 0.659. The van der Waals surface area contributed by atoms with Gasteiger partial charge < -0.3 is 24.4 Å². The van der Waals surface area contributed by atoms with Crippen molar-refractivity contribution in [2.24, 2.45) is 0 Å². The molecule has 2 aliphatic rings. The predicted octanol–water partition coefficient (Wildman–Crippen LogP) is 0.167. The van der Waals surface area contributed by atoms with Crippen molar-refractivity contribution in [3.8, 4) is 0 Å². The van der Waals surface area contributed by atoms with Crippen molar-refractivity contribution in [3.05, 3.63) is 68.2 Å². The van der Waals surface area contributed by atoms with Crippen LogP contribution in [0.1, 0.15) is 37.3 Å². The summed E-state index contributed by atoms with van der Waals surface area (Å²) < 4.78 is 31.6. The zero-order valence-corrected chi connectivity index (χ0v) is 15.7. The van der Waals surface area contributed by atoms with E-state index in [4.69, 9.17) is 14.2 Å². The van der Waals surface area contributed by atoms with Crippen molar-refractivity contribution >= 4 is 0 Å². The van der Waals surface area contributed by atoms with Crippen LogP contribution in [0, 0.1) is 5.82 Å². The van der Waals surface area contributed by atoms with E-state index in [9.17, 15) is 24.2 Å². The van der Waals surface area contributed by atoms with Crippen LogP contribution >= 0.6 is 0 Å².